The molecule has 88 valence electrons. The lowest BCUT2D eigenvalue weighted by Gasteiger charge is -2.15. The van der Waals surface area contributed by atoms with Crippen LogP contribution >= 0.6 is 0 Å². The molecule has 0 amide bonds. The van der Waals surface area contributed by atoms with Crippen molar-refractivity contribution < 1.29 is 4.39 Å². The second-order valence-electron chi connectivity index (χ2n) is 4.11. The van der Waals surface area contributed by atoms with Crippen molar-refractivity contribution in [2.24, 2.45) is 0 Å². The minimum absolute atomic E-state index is 0.125. The summed E-state index contributed by atoms with van der Waals surface area (Å²) in [6.45, 7) is 3.99. The van der Waals surface area contributed by atoms with E-state index in [1.807, 2.05) is 26.0 Å². The van der Waals surface area contributed by atoms with Crippen LogP contribution < -0.4 is 5.32 Å². The molecule has 0 spiro atoms. The number of hydrogen-bond donors (Lipinski definition) is 1. The molecule has 0 saturated heterocycles. The molecule has 17 heavy (non-hydrogen) atoms. The fourth-order valence-corrected chi connectivity index (χ4v) is 1.64. The highest BCUT2D eigenvalue weighted by Gasteiger charge is 2.05. The van der Waals surface area contributed by atoms with Crippen molar-refractivity contribution in [2.45, 2.75) is 19.9 Å². The standard InChI is InChI=1S/C14H15FN2/c1-10-3-8-14(9-16-10)17-11(2)12-4-6-13(15)7-5-12/h3-9,11,17H,1-2H3. The molecule has 1 unspecified atom stereocenters. The van der Waals surface area contributed by atoms with Gasteiger partial charge in [-0.15, -0.1) is 0 Å². The first-order chi connectivity index (χ1) is 8.15. The van der Waals surface area contributed by atoms with E-state index in [1.165, 1.54) is 12.1 Å². The van der Waals surface area contributed by atoms with Crippen LogP contribution in [0.25, 0.3) is 0 Å². The average Bonchev–Trinajstić information content (AvgIpc) is 2.33. The van der Waals surface area contributed by atoms with Gasteiger partial charge in [0.15, 0.2) is 0 Å². The van der Waals surface area contributed by atoms with Crippen molar-refractivity contribution >= 4 is 5.69 Å². The number of hydrogen-bond acceptors (Lipinski definition) is 2. The zero-order chi connectivity index (χ0) is 12.3. The SMILES string of the molecule is Cc1ccc(NC(C)c2ccc(F)cc2)cn1. The van der Waals surface area contributed by atoms with Crippen LogP contribution in [0.3, 0.4) is 0 Å². The Balaban J connectivity index is 2.08. The topological polar surface area (TPSA) is 24.9 Å². The van der Waals surface area contributed by atoms with Crippen molar-refractivity contribution in [1.29, 1.82) is 0 Å². The first-order valence-corrected chi connectivity index (χ1v) is 5.60. The number of rotatable bonds is 3. The van der Waals surface area contributed by atoms with E-state index in [4.69, 9.17) is 0 Å². The van der Waals surface area contributed by atoms with Gasteiger partial charge in [0.2, 0.25) is 0 Å². The average molecular weight is 230 g/mol. The van der Waals surface area contributed by atoms with Gasteiger partial charge in [-0.2, -0.15) is 0 Å². The molecule has 2 nitrogen and oxygen atoms in total. The summed E-state index contributed by atoms with van der Waals surface area (Å²) in [5.41, 5.74) is 3.00. The maximum absolute atomic E-state index is 12.8. The summed E-state index contributed by atoms with van der Waals surface area (Å²) in [5, 5.41) is 3.32. The van der Waals surface area contributed by atoms with Crippen molar-refractivity contribution in [1.82, 2.24) is 4.98 Å². The van der Waals surface area contributed by atoms with Gasteiger partial charge < -0.3 is 5.32 Å². The lowest BCUT2D eigenvalue weighted by atomic mass is 10.1. The smallest absolute Gasteiger partial charge is 0.123 e. The second kappa shape index (κ2) is 4.95. The monoisotopic (exact) mass is 230 g/mol. The van der Waals surface area contributed by atoms with Gasteiger partial charge in [0.1, 0.15) is 5.82 Å². The molecular formula is C14H15FN2. The zero-order valence-electron chi connectivity index (χ0n) is 9.94. The quantitative estimate of drug-likeness (QED) is 0.869. The molecule has 0 fully saturated rings. The van der Waals surface area contributed by atoms with E-state index in [9.17, 15) is 4.39 Å². The Kier molecular flexibility index (Phi) is 3.38. The largest absolute Gasteiger partial charge is 0.377 e. The molecule has 0 aliphatic heterocycles. The van der Waals surface area contributed by atoms with Crippen molar-refractivity contribution in [3.8, 4) is 0 Å². The van der Waals surface area contributed by atoms with Crippen LogP contribution in [0.1, 0.15) is 24.2 Å². The highest BCUT2D eigenvalue weighted by molar-refractivity contribution is 5.43. The number of aromatic nitrogens is 1. The van der Waals surface area contributed by atoms with E-state index in [0.29, 0.717) is 0 Å². The number of halogens is 1. The Morgan fingerprint density at radius 3 is 2.41 bits per heavy atom. The summed E-state index contributed by atoms with van der Waals surface area (Å²) in [6, 6.07) is 10.6. The van der Waals surface area contributed by atoms with Gasteiger partial charge in [-0.05, 0) is 43.7 Å². The van der Waals surface area contributed by atoms with E-state index in [1.54, 1.807) is 18.3 Å². The maximum Gasteiger partial charge on any atom is 0.123 e. The van der Waals surface area contributed by atoms with Crippen LogP contribution in [0.4, 0.5) is 10.1 Å². The summed E-state index contributed by atoms with van der Waals surface area (Å²) in [6.07, 6.45) is 1.80. The minimum atomic E-state index is -0.210. The third-order valence-corrected chi connectivity index (χ3v) is 2.66. The Bertz CT molecular complexity index is 477. The summed E-state index contributed by atoms with van der Waals surface area (Å²) in [5.74, 6) is -0.210. The van der Waals surface area contributed by atoms with Crippen LogP contribution in [0.2, 0.25) is 0 Å². The lowest BCUT2D eigenvalue weighted by Crippen LogP contribution is -2.06. The van der Waals surface area contributed by atoms with Gasteiger partial charge in [0, 0.05) is 11.7 Å². The van der Waals surface area contributed by atoms with Crippen LogP contribution in [-0.2, 0) is 0 Å². The van der Waals surface area contributed by atoms with E-state index in [-0.39, 0.29) is 11.9 Å². The van der Waals surface area contributed by atoms with Gasteiger partial charge in [-0.3, -0.25) is 4.98 Å². The first-order valence-electron chi connectivity index (χ1n) is 5.60. The molecule has 0 bridgehead atoms. The molecule has 3 heteroatoms. The predicted molar refractivity (Wildman–Crippen MR) is 67.4 cm³/mol. The van der Waals surface area contributed by atoms with Crippen molar-refractivity contribution in [3.63, 3.8) is 0 Å². The van der Waals surface area contributed by atoms with Gasteiger partial charge >= 0.3 is 0 Å². The fourth-order valence-electron chi connectivity index (χ4n) is 1.64. The summed E-state index contributed by atoms with van der Waals surface area (Å²) in [4.78, 5) is 4.22. The highest BCUT2D eigenvalue weighted by Crippen LogP contribution is 2.18. The predicted octanol–water partition coefficient (Wildman–Crippen LogP) is 3.70. The van der Waals surface area contributed by atoms with Crippen LogP contribution in [0.15, 0.2) is 42.6 Å². The number of pyridine rings is 1. The van der Waals surface area contributed by atoms with Crippen LogP contribution in [0.5, 0.6) is 0 Å². The molecule has 1 atom stereocenters. The van der Waals surface area contributed by atoms with Gasteiger partial charge in [0.05, 0.1) is 11.9 Å². The Morgan fingerprint density at radius 2 is 1.82 bits per heavy atom. The molecule has 2 aromatic rings. The van der Waals surface area contributed by atoms with E-state index < -0.39 is 0 Å². The maximum atomic E-state index is 12.8. The lowest BCUT2D eigenvalue weighted by molar-refractivity contribution is 0.626. The summed E-state index contributed by atoms with van der Waals surface area (Å²) in [7, 11) is 0. The Hall–Kier alpha value is -1.90. The van der Waals surface area contributed by atoms with Gasteiger partial charge in [-0.25, -0.2) is 4.39 Å². The Morgan fingerprint density at radius 1 is 1.12 bits per heavy atom. The van der Waals surface area contributed by atoms with Crippen LogP contribution in [-0.4, -0.2) is 4.98 Å². The fraction of sp³-hybridized carbons (Fsp3) is 0.214. The minimum Gasteiger partial charge on any atom is -0.377 e. The van der Waals surface area contributed by atoms with Crippen molar-refractivity contribution in [3.05, 3.63) is 59.7 Å². The molecule has 0 saturated carbocycles. The highest BCUT2D eigenvalue weighted by atomic mass is 19.1. The molecule has 1 aromatic heterocycles. The molecular weight excluding hydrogens is 215 g/mol. The van der Waals surface area contributed by atoms with E-state index >= 15 is 0 Å². The van der Waals surface area contributed by atoms with Gasteiger partial charge in [0.25, 0.3) is 0 Å². The number of nitrogens with one attached hydrogen (secondary N) is 1. The third-order valence-electron chi connectivity index (χ3n) is 2.66. The van der Waals surface area contributed by atoms with Crippen molar-refractivity contribution in [2.75, 3.05) is 5.32 Å². The Labute approximate surface area is 101 Å². The van der Waals surface area contributed by atoms with E-state index in [2.05, 4.69) is 10.3 Å². The molecule has 0 radical (unpaired) electrons. The van der Waals surface area contributed by atoms with Gasteiger partial charge in [-0.1, -0.05) is 12.1 Å². The molecule has 0 aliphatic rings. The summed E-state index contributed by atoms with van der Waals surface area (Å²) < 4.78 is 12.8. The molecule has 1 aromatic carbocycles. The molecule has 1 N–H and O–H groups in total. The molecule has 0 aliphatic carbocycles. The number of benzene rings is 1. The van der Waals surface area contributed by atoms with E-state index in [0.717, 1.165) is 16.9 Å². The number of aryl methyl sites for hydroxylation is 1. The molecule has 1 heterocycles. The number of nitrogens with zero attached hydrogens (tertiary/aromatic N) is 1. The third kappa shape index (κ3) is 3.03. The molecule has 2 rings (SSSR count). The second-order valence-corrected chi connectivity index (χ2v) is 4.11. The zero-order valence-corrected chi connectivity index (χ0v) is 9.94. The van der Waals surface area contributed by atoms with Crippen LogP contribution in [0, 0.1) is 12.7 Å². The normalized spacial score (nSPS) is 12.2. The number of anilines is 1. The first kappa shape index (κ1) is 11.6. The summed E-state index contributed by atoms with van der Waals surface area (Å²) >= 11 is 0.